The molecule has 0 aromatic heterocycles. The Kier molecular flexibility index (Phi) is 2.00. The quantitative estimate of drug-likeness (QED) is 0.476. The summed E-state index contributed by atoms with van der Waals surface area (Å²) in [6.07, 6.45) is 2.18. The molecule has 2 heterocycles. The Labute approximate surface area is 65.9 Å². The summed E-state index contributed by atoms with van der Waals surface area (Å²) in [7, 11) is 4.11. The molecule has 9 heavy (non-hydrogen) atoms. The van der Waals surface area contributed by atoms with Crippen LogP contribution in [0.2, 0.25) is 0 Å². The first-order valence-electron chi connectivity index (χ1n) is 2.96. The van der Waals surface area contributed by atoms with E-state index in [0.717, 1.165) is 12.3 Å². The standard InChI is InChI=1S/C4H8AsOPS2/c6-7-1-3-8-5(7)9-4-2-7/h1-4H2. The third-order valence-electron chi connectivity index (χ3n) is 1.58. The van der Waals surface area contributed by atoms with Gasteiger partial charge in [0.05, 0.1) is 0 Å². The van der Waals surface area contributed by atoms with Gasteiger partial charge in [-0.1, -0.05) is 0 Å². The first kappa shape index (κ1) is 7.15. The van der Waals surface area contributed by atoms with Crippen LogP contribution in [0.3, 0.4) is 0 Å². The molecule has 0 N–H and O–H groups in total. The molecule has 0 amide bonds. The molecular weight excluding hydrogens is 234 g/mol. The van der Waals surface area contributed by atoms with E-state index in [1.54, 1.807) is 0 Å². The van der Waals surface area contributed by atoms with Gasteiger partial charge < -0.3 is 0 Å². The summed E-state index contributed by atoms with van der Waals surface area (Å²) < 4.78 is 11.8. The van der Waals surface area contributed by atoms with E-state index in [-0.39, 0.29) is 0 Å². The van der Waals surface area contributed by atoms with Gasteiger partial charge in [-0.2, -0.15) is 0 Å². The Hall–Kier alpha value is 1.49. The second kappa shape index (κ2) is 2.51. The van der Waals surface area contributed by atoms with E-state index in [9.17, 15) is 4.57 Å². The molecule has 2 saturated heterocycles. The minimum absolute atomic E-state index is 0.833. The second-order valence-corrected chi connectivity index (χ2v) is 24.8. The molecule has 2 rings (SSSR count). The fourth-order valence-corrected chi connectivity index (χ4v) is 36.3. The molecule has 0 radical (unpaired) electrons. The van der Waals surface area contributed by atoms with Crippen molar-refractivity contribution in [3.05, 3.63) is 0 Å². The summed E-state index contributed by atoms with van der Waals surface area (Å²) in [6.45, 7) is 0. The molecule has 5 heteroatoms. The van der Waals surface area contributed by atoms with E-state index < -0.39 is 17.6 Å². The summed E-state index contributed by atoms with van der Waals surface area (Å²) in [4.78, 5) is 0. The first-order valence-corrected chi connectivity index (χ1v) is 14.0. The molecule has 0 spiro atoms. The zero-order valence-electron chi connectivity index (χ0n) is 4.95. The molecule has 0 aromatic rings. The summed E-state index contributed by atoms with van der Waals surface area (Å²) >= 11 is -0.833. The monoisotopic (exact) mass is 242 g/mol. The van der Waals surface area contributed by atoms with Gasteiger partial charge in [0.25, 0.3) is 0 Å². The van der Waals surface area contributed by atoms with Crippen molar-refractivity contribution in [3.63, 3.8) is 0 Å². The molecule has 0 atom stereocenters. The van der Waals surface area contributed by atoms with Gasteiger partial charge in [0.1, 0.15) is 0 Å². The van der Waals surface area contributed by atoms with Crippen LogP contribution in [0.15, 0.2) is 0 Å². The van der Waals surface area contributed by atoms with Crippen molar-refractivity contribution in [2.75, 3.05) is 23.8 Å². The fraction of sp³-hybridized carbons (Fsp3) is 1.00. The zero-order chi connectivity index (χ0) is 6.32. The first-order chi connectivity index (χ1) is 4.31. The van der Waals surface area contributed by atoms with Crippen LogP contribution in [0, 0.1) is 0 Å². The molecule has 1 nitrogen and oxygen atoms in total. The maximum atomic E-state index is 11.8. The third-order valence-corrected chi connectivity index (χ3v) is 33.4. The van der Waals surface area contributed by atoms with Crippen LogP contribution in [0.4, 0.5) is 0 Å². The van der Waals surface area contributed by atoms with Crippen molar-refractivity contribution >= 4 is 37.6 Å². The van der Waals surface area contributed by atoms with Gasteiger partial charge in [0.15, 0.2) is 0 Å². The minimum atomic E-state index is -1.46. The van der Waals surface area contributed by atoms with Gasteiger partial charge >= 0.3 is 66.0 Å². The van der Waals surface area contributed by atoms with Crippen molar-refractivity contribution in [2.24, 2.45) is 0 Å². The van der Waals surface area contributed by atoms with E-state index >= 15 is 0 Å². The van der Waals surface area contributed by atoms with E-state index in [0.29, 0.717) is 0 Å². The fourth-order valence-electron chi connectivity index (χ4n) is 1.05. The van der Waals surface area contributed by atoms with Gasteiger partial charge in [-0.3, -0.25) is 0 Å². The molecule has 0 unspecified atom stereocenters. The van der Waals surface area contributed by atoms with Gasteiger partial charge in [-0.15, -0.1) is 0 Å². The van der Waals surface area contributed by atoms with Crippen LogP contribution in [0.25, 0.3) is 0 Å². The van der Waals surface area contributed by atoms with Gasteiger partial charge in [-0.25, -0.2) is 0 Å². The van der Waals surface area contributed by atoms with Crippen LogP contribution in [0.5, 0.6) is 0 Å². The summed E-state index contributed by atoms with van der Waals surface area (Å²) in [6, 6.07) is 0. The molecule has 0 aliphatic carbocycles. The number of hydrogen-bond donors (Lipinski definition) is 0. The predicted octanol–water partition coefficient (Wildman–Crippen LogP) is 1.83. The normalized spacial score (nSPS) is 49.6. The average Bonchev–Trinajstić information content (AvgIpc) is 2.22. The summed E-state index contributed by atoms with van der Waals surface area (Å²) in [5, 5.41) is 0. The van der Waals surface area contributed by atoms with Crippen LogP contribution >= 0.6 is 25.7 Å². The number of rotatable bonds is 0. The number of hydrogen-bond acceptors (Lipinski definition) is 3. The zero-order valence-corrected chi connectivity index (χ0v) is 9.35. The van der Waals surface area contributed by atoms with E-state index in [1.165, 1.54) is 11.5 Å². The molecule has 52 valence electrons. The van der Waals surface area contributed by atoms with Gasteiger partial charge in [0, 0.05) is 0 Å². The Morgan fingerprint density at radius 1 is 1.22 bits per heavy atom. The molecular formula is C4H8AsOPS2. The topological polar surface area (TPSA) is 17.1 Å². The molecule has 0 saturated carbocycles. The Balaban J connectivity index is 2.27. The third kappa shape index (κ3) is 1.15. The SMILES string of the molecule is O=P12CCS[As]1SCC2. The predicted molar refractivity (Wildman–Crippen MR) is 48.0 cm³/mol. The van der Waals surface area contributed by atoms with E-state index in [2.05, 4.69) is 20.0 Å². The van der Waals surface area contributed by atoms with E-state index in [4.69, 9.17) is 0 Å². The Morgan fingerprint density at radius 2 is 1.78 bits per heavy atom. The second-order valence-electron chi connectivity index (χ2n) is 2.20. The van der Waals surface area contributed by atoms with Gasteiger partial charge in [-0.05, 0) is 0 Å². The molecule has 2 aliphatic rings. The molecule has 0 aromatic carbocycles. The average molecular weight is 242 g/mol. The Bertz CT molecular complexity index is 160. The maximum absolute atomic E-state index is 11.8. The van der Waals surface area contributed by atoms with Crippen LogP contribution < -0.4 is 0 Å². The summed E-state index contributed by atoms with van der Waals surface area (Å²) in [5.74, 6) is 2.43. The molecule has 2 aliphatic heterocycles. The van der Waals surface area contributed by atoms with Crippen molar-refractivity contribution in [1.82, 2.24) is 0 Å². The van der Waals surface area contributed by atoms with E-state index in [1.807, 2.05) is 0 Å². The molecule has 0 bridgehead atoms. The molecule has 2 fully saturated rings. The van der Waals surface area contributed by atoms with Crippen LogP contribution in [0.1, 0.15) is 0 Å². The van der Waals surface area contributed by atoms with Crippen molar-refractivity contribution in [2.45, 2.75) is 0 Å². The van der Waals surface area contributed by atoms with Crippen molar-refractivity contribution in [1.29, 1.82) is 0 Å². The van der Waals surface area contributed by atoms with Crippen LogP contribution in [-0.4, -0.2) is 35.7 Å². The van der Waals surface area contributed by atoms with Crippen LogP contribution in [-0.2, 0) is 4.57 Å². The van der Waals surface area contributed by atoms with Gasteiger partial charge in [0.2, 0.25) is 0 Å². The summed E-state index contributed by atoms with van der Waals surface area (Å²) in [5.41, 5.74) is -1.46. The Morgan fingerprint density at radius 3 is 2.22 bits per heavy atom. The van der Waals surface area contributed by atoms with Crippen molar-refractivity contribution < 1.29 is 4.57 Å². The number of fused-ring (bicyclic) bond motifs is 1. The van der Waals surface area contributed by atoms with Crippen molar-refractivity contribution in [3.8, 4) is 0 Å².